The van der Waals surface area contributed by atoms with Crippen molar-refractivity contribution in [3.63, 3.8) is 0 Å². The molecule has 94 valence electrons. The van der Waals surface area contributed by atoms with Crippen molar-refractivity contribution in [1.29, 1.82) is 0 Å². The number of hydrogen-bond donors (Lipinski definition) is 4. The molecule has 17 heavy (non-hydrogen) atoms. The molecule has 0 aliphatic rings. The molecule has 0 saturated carbocycles. The van der Waals surface area contributed by atoms with E-state index >= 15 is 0 Å². The third-order valence-electron chi connectivity index (χ3n) is 2.12. The van der Waals surface area contributed by atoms with Crippen LogP contribution in [0.3, 0.4) is 0 Å². The molecule has 0 radical (unpaired) electrons. The molecule has 1 rings (SSSR count). The highest BCUT2D eigenvalue weighted by molar-refractivity contribution is 5.90. The number of aryl methyl sites for hydroxylation is 1. The van der Waals surface area contributed by atoms with Crippen LogP contribution in [0.25, 0.3) is 0 Å². The number of amides is 2. The van der Waals surface area contributed by atoms with Crippen LogP contribution in [-0.4, -0.2) is 19.2 Å². The molecule has 1 aromatic carbocycles. The van der Waals surface area contributed by atoms with Gasteiger partial charge in [0.25, 0.3) is 0 Å². The van der Waals surface area contributed by atoms with Crippen molar-refractivity contribution in [2.75, 3.05) is 18.5 Å². The molecule has 0 bridgehead atoms. The molecule has 0 unspecified atom stereocenters. The fourth-order valence-corrected chi connectivity index (χ4v) is 1.29. The van der Waals surface area contributed by atoms with E-state index in [9.17, 15) is 4.79 Å². The van der Waals surface area contributed by atoms with Gasteiger partial charge in [-0.25, -0.2) is 10.6 Å². The third kappa shape index (κ3) is 4.29. The Morgan fingerprint density at radius 2 is 2.24 bits per heavy atom. The minimum Gasteiger partial charge on any atom is -0.491 e. The highest BCUT2D eigenvalue weighted by Gasteiger charge is 2.07. The number of carbonyl (C=O) groups excluding carboxylic acids is 1. The largest absolute Gasteiger partial charge is 0.491 e. The number of benzene rings is 1. The van der Waals surface area contributed by atoms with Gasteiger partial charge in [0, 0.05) is 0 Å². The van der Waals surface area contributed by atoms with Gasteiger partial charge in [0.05, 0.1) is 12.3 Å². The van der Waals surface area contributed by atoms with E-state index in [1.165, 1.54) is 0 Å². The molecule has 6 N–H and O–H groups in total. The first-order chi connectivity index (χ1) is 8.17. The molecule has 6 heteroatoms. The maximum atomic E-state index is 11.2. The summed E-state index contributed by atoms with van der Waals surface area (Å²) >= 11 is 0. The summed E-state index contributed by atoms with van der Waals surface area (Å²) in [5.74, 6) is 5.61. The predicted molar refractivity (Wildman–Crippen MR) is 66.7 cm³/mol. The molecule has 6 nitrogen and oxygen atoms in total. The lowest BCUT2D eigenvalue weighted by Crippen LogP contribution is -2.34. The number of ether oxygens (including phenoxy) is 1. The summed E-state index contributed by atoms with van der Waals surface area (Å²) in [6.45, 7) is 3.01. The third-order valence-corrected chi connectivity index (χ3v) is 2.12. The van der Waals surface area contributed by atoms with Crippen molar-refractivity contribution in [1.82, 2.24) is 5.43 Å². The van der Waals surface area contributed by atoms with Crippen molar-refractivity contribution in [3.8, 4) is 5.75 Å². The molecule has 0 fully saturated rings. The molecule has 0 spiro atoms. The van der Waals surface area contributed by atoms with Gasteiger partial charge in [0.15, 0.2) is 0 Å². The fourth-order valence-electron chi connectivity index (χ4n) is 1.29. The van der Waals surface area contributed by atoms with Crippen LogP contribution in [0.4, 0.5) is 10.5 Å². The Balaban J connectivity index is 2.76. The lowest BCUT2D eigenvalue weighted by Gasteiger charge is -2.12. The highest BCUT2D eigenvalue weighted by Crippen LogP contribution is 2.25. The Hall–Kier alpha value is -1.79. The van der Waals surface area contributed by atoms with Gasteiger partial charge in [0.1, 0.15) is 5.75 Å². The van der Waals surface area contributed by atoms with Crippen LogP contribution in [0.15, 0.2) is 18.2 Å². The molecule has 2 amide bonds. The van der Waals surface area contributed by atoms with Gasteiger partial charge in [0.2, 0.25) is 0 Å². The molecule has 0 heterocycles. The second-order valence-corrected chi connectivity index (χ2v) is 3.59. The van der Waals surface area contributed by atoms with Crippen LogP contribution in [0.5, 0.6) is 5.75 Å². The smallest absolute Gasteiger partial charge is 0.333 e. The van der Waals surface area contributed by atoms with E-state index in [1.54, 1.807) is 6.07 Å². The molecule has 0 aromatic heterocycles. The summed E-state index contributed by atoms with van der Waals surface area (Å²) < 4.78 is 5.51. The lowest BCUT2D eigenvalue weighted by molar-refractivity contribution is 0.252. The summed E-state index contributed by atoms with van der Waals surface area (Å²) in [7, 11) is 0. The SMILES string of the molecule is Cc1ccc(OCCCN)c(NC(=O)NN)c1. The van der Waals surface area contributed by atoms with E-state index in [-0.39, 0.29) is 0 Å². The van der Waals surface area contributed by atoms with Gasteiger partial charge < -0.3 is 15.8 Å². The summed E-state index contributed by atoms with van der Waals surface area (Å²) in [6.07, 6.45) is 0.760. The monoisotopic (exact) mass is 238 g/mol. The van der Waals surface area contributed by atoms with E-state index in [1.807, 2.05) is 24.5 Å². The lowest BCUT2D eigenvalue weighted by atomic mass is 10.2. The van der Waals surface area contributed by atoms with Crippen LogP contribution in [0, 0.1) is 6.92 Å². The van der Waals surface area contributed by atoms with E-state index in [2.05, 4.69) is 5.32 Å². The maximum absolute atomic E-state index is 11.2. The number of rotatable bonds is 5. The Morgan fingerprint density at radius 1 is 1.47 bits per heavy atom. The van der Waals surface area contributed by atoms with Crippen LogP contribution >= 0.6 is 0 Å². The zero-order valence-corrected chi connectivity index (χ0v) is 9.82. The topological polar surface area (TPSA) is 102 Å². The molecule has 0 aliphatic heterocycles. The van der Waals surface area contributed by atoms with E-state index in [0.717, 1.165) is 12.0 Å². The van der Waals surface area contributed by atoms with E-state index < -0.39 is 6.03 Å². The zero-order valence-electron chi connectivity index (χ0n) is 9.82. The van der Waals surface area contributed by atoms with Crippen LogP contribution in [0.2, 0.25) is 0 Å². The molecule has 0 saturated heterocycles. The van der Waals surface area contributed by atoms with Crippen molar-refractivity contribution in [2.45, 2.75) is 13.3 Å². The van der Waals surface area contributed by atoms with Gasteiger partial charge in [-0.3, -0.25) is 5.43 Å². The fraction of sp³-hybridized carbons (Fsp3) is 0.364. The van der Waals surface area contributed by atoms with Gasteiger partial charge in [-0.2, -0.15) is 0 Å². The summed E-state index contributed by atoms with van der Waals surface area (Å²) in [5.41, 5.74) is 8.99. The first kappa shape index (κ1) is 13.3. The zero-order chi connectivity index (χ0) is 12.7. The predicted octanol–water partition coefficient (Wildman–Crippen LogP) is 0.718. The average molecular weight is 238 g/mol. The quantitative estimate of drug-likeness (QED) is 0.262. The summed E-state index contributed by atoms with van der Waals surface area (Å²) in [5, 5.41) is 2.60. The minimum atomic E-state index is -0.487. The normalized spacial score (nSPS) is 9.82. The van der Waals surface area contributed by atoms with Crippen LogP contribution in [0.1, 0.15) is 12.0 Å². The molecular weight excluding hydrogens is 220 g/mol. The second-order valence-electron chi connectivity index (χ2n) is 3.59. The Kier molecular flexibility index (Phi) is 5.25. The number of hydrogen-bond acceptors (Lipinski definition) is 4. The standard InChI is InChI=1S/C11H18N4O2/c1-8-3-4-10(17-6-2-5-12)9(7-8)14-11(16)15-13/h3-4,7H,2,5-6,12-13H2,1H3,(H2,14,15,16). The molecule has 0 aliphatic carbocycles. The van der Waals surface area contributed by atoms with Gasteiger partial charge in [-0.15, -0.1) is 0 Å². The first-order valence-electron chi connectivity index (χ1n) is 5.38. The summed E-state index contributed by atoms with van der Waals surface area (Å²) in [6, 6.07) is 5.04. The van der Waals surface area contributed by atoms with Gasteiger partial charge >= 0.3 is 6.03 Å². The molecule has 0 atom stereocenters. The minimum absolute atomic E-state index is 0.487. The van der Waals surface area contributed by atoms with Crippen molar-refractivity contribution >= 4 is 11.7 Å². The number of hydrazine groups is 1. The highest BCUT2D eigenvalue weighted by atomic mass is 16.5. The Bertz CT molecular complexity index is 382. The molecular formula is C11H18N4O2. The number of nitrogens with one attached hydrogen (secondary N) is 2. The van der Waals surface area contributed by atoms with Crippen molar-refractivity contribution in [2.24, 2.45) is 11.6 Å². The first-order valence-corrected chi connectivity index (χ1v) is 5.38. The van der Waals surface area contributed by atoms with E-state index in [0.29, 0.717) is 24.6 Å². The Labute approximate surface area is 100 Å². The number of urea groups is 1. The van der Waals surface area contributed by atoms with Crippen LogP contribution in [-0.2, 0) is 0 Å². The number of carbonyl (C=O) groups is 1. The van der Waals surface area contributed by atoms with Crippen LogP contribution < -0.4 is 27.1 Å². The average Bonchev–Trinajstić information content (AvgIpc) is 2.32. The summed E-state index contributed by atoms with van der Waals surface area (Å²) in [4.78, 5) is 11.2. The molecule has 1 aromatic rings. The van der Waals surface area contributed by atoms with Crippen molar-refractivity contribution < 1.29 is 9.53 Å². The number of nitrogens with two attached hydrogens (primary N) is 2. The van der Waals surface area contributed by atoms with E-state index in [4.69, 9.17) is 16.3 Å². The Morgan fingerprint density at radius 3 is 2.88 bits per heavy atom. The van der Waals surface area contributed by atoms with Crippen molar-refractivity contribution in [3.05, 3.63) is 23.8 Å². The maximum Gasteiger partial charge on any atom is 0.333 e. The second kappa shape index (κ2) is 6.72. The van der Waals surface area contributed by atoms with Gasteiger partial charge in [-0.05, 0) is 37.6 Å². The number of anilines is 1. The van der Waals surface area contributed by atoms with Gasteiger partial charge in [-0.1, -0.05) is 6.07 Å².